The maximum absolute atomic E-state index is 12.4. The van der Waals surface area contributed by atoms with Crippen molar-refractivity contribution in [1.82, 2.24) is 10.3 Å². The van der Waals surface area contributed by atoms with Crippen LogP contribution in [0, 0.1) is 0 Å². The minimum Gasteiger partial charge on any atom is -0.469 e. The highest BCUT2D eigenvalue weighted by molar-refractivity contribution is 7.10. The number of carbonyl (C=O) groups is 2. The number of hydrogen-bond donors (Lipinski definition) is 1. The maximum Gasteiger partial charge on any atom is 0.312 e. The van der Waals surface area contributed by atoms with Crippen molar-refractivity contribution in [3.8, 4) is 22.8 Å². The Hall–Kier alpha value is -3.75. The molecule has 174 valence electrons. The molecule has 0 bridgehead atoms. The van der Waals surface area contributed by atoms with Crippen LogP contribution in [0.15, 0.2) is 76.5 Å². The zero-order valence-corrected chi connectivity index (χ0v) is 19.5. The summed E-state index contributed by atoms with van der Waals surface area (Å²) in [6.45, 7) is 1.39. The van der Waals surface area contributed by atoms with Crippen LogP contribution in [-0.2, 0) is 27.3 Å². The number of methoxy groups -OCH3 is 1. The number of amides is 1. The summed E-state index contributed by atoms with van der Waals surface area (Å²) >= 11 is 1.38. The molecule has 0 spiro atoms. The number of hydrogen-bond acceptors (Lipinski definition) is 7. The number of esters is 1. The highest BCUT2D eigenvalue weighted by Gasteiger charge is 2.13. The average Bonchev–Trinajstić information content (AvgIpc) is 3.54. The number of carbonyl (C=O) groups excluding carboxylic acids is 2. The van der Waals surface area contributed by atoms with E-state index in [9.17, 15) is 9.59 Å². The van der Waals surface area contributed by atoms with Crippen molar-refractivity contribution in [2.75, 3.05) is 20.3 Å². The van der Waals surface area contributed by atoms with E-state index >= 15 is 0 Å². The Bertz CT molecular complexity index is 1230. The van der Waals surface area contributed by atoms with Gasteiger partial charge in [0.15, 0.2) is 5.76 Å². The minimum atomic E-state index is -0.329. The van der Waals surface area contributed by atoms with Crippen molar-refractivity contribution < 1.29 is 23.5 Å². The number of aromatic nitrogens is 1. The van der Waals surface area contributed by atoms with E-state index in [1.807, 2.05) is 60.0 Å². The average molecular weight is 477 g/mol. The van der Waals surface area contributed by atoms with E-state index in [4.69, 9.17) is 9.15 Å². The fourth-order valence-electron chi connectivity index (χ4n) is 3.22. The summed E-state index contributed by atoms with van der Waals surface area (Å²) in [6.07, 6.45) is 0.136. The van der Waals surface area contributed by atoms with Crippen molar-refractivity contribution >= 4 is 23.2 Å². The molecule has 1 amide bonds. The maximum atomic E-state index is 12.4. The fraction of sp³-hybridized carbons (Fsp3) is 0.192. The molecule has 1 N–H and O–H groups in total. The van der Waals surface area contributed by atoms with Crippen LogP contribution in [0.2, 0.25) is 0 Å². The summed E-state index contributed by atoms with van der Waals surface area (Å²) in [5.41, 5.74) is 3.17. The van der Waals surface area contributed by atoms with Crippen LogP contribution in [0.1, 0.15) is 20.9 Å². The first-order valence-electron chi connectivity index (χ1n) is 10.7. The molecule has 0 saturated carbocycles. The SMILES string of the molecule is COC(=O)Cc1nc(-c2ccc(-c3ccc(C(=O)NCCOCc4ccccc4)cc3)o2)cs1. The van der Waals surface area contributed by atoms with Crippen molar-refractivity contribution in [2.45, 2.75) is 13.0 Å². The summed E-state index contributed by atoms with van der Waals surface area (Å²) in [5.74, 6) is 0.791. The quantitative estimate of drug-likeness (QED) is 0.263. The minimum absolute atomic E-state index is 0.136. The molecule has 8 heteroatoms. The molecule has 0 radical (unpaired) electrons. The van der Waals surface area contributed by atoms with Crippen molar-refractivity contribution in [3.63, 3.8) is 0 Å². The summed E-state index contributed by atoms with van der Waals surface area (Å²) in [5, 5.41) is 5.38. The molecule has 0 aliphatic heterocycles. The summed E-state index contributed by atoms with van der Waals surface area (Å²) in [7, 11) is 1.35. The second-order valence-corrected chi connectivity index (χ2v) is 8.36. The molecule has 4 rings (SSSR count). The van der Waals surface area contributed by atoms with Gasteiger partial charge in [0.25, 0.3) is 5.91 Å². The van der Waals surface area contributed by atoms with Gasteiger partial charge >= 0.3 is 5.97 Å². The van der Waals surface area contributed by atoms with E-state index in [-0.39, 0.29) is 18.3 Å². The number of nitrogens with zero attached hydrogens (tertiary/aromatic N) is 1. The largest absolute Gasteiger partial charge is 0.469 e. The van der Waals surface area contributed by atoms with Gasteiger partial charge in [-0.1, -0.05) is 42.5 Å². The molecular formula is C26H24N2O5S. The van der Waals surface area contributed by atoms with E-state index in [2.05, 4.69) is 15.0 Å². The zero-order chi connectivity index (χ0) is 23.8. The van der Waals surface area contributed by atoms with Crippen LogP contribution < -0.4 is 5.32 Å². The smallest absolute Gasteiger partial charge is 0.312 e. The second kappa shape index (κ2) is 11.4. The van der Waals surface area contributed by atoms with Crippen LogP contribution in [0.25, 0.3) is 22.8 Å². The summed E-state index contributed by atoms with van der Waals surface area (Å²) in [4.78, 5) is 28.2. The topological polar surface area (TPSA) is 90.7 Å². The van der Waals surface area contributed by atoms with Gasteiger partial charge in [-0.25, -0.2) is 4.98 Å². The Balaban J connectivity index is 1.28. The van der Waals surface area contributed by atoms with Gasteiger partial charge in [-0.05, 0) is 29.8 Å². The molecule has 4 aromatic rings. The van der Waals surface area contributed by atoms with Gasteiger partial charge in [-0.15, -0.1) is 11.3 Å². The highest BCUT2D eigenvalue weighted by Crippen LogP contribution is 2.29. The Labute approximate surface area is 201 Å². The lowest BCUT2D eigenvalue weighted by atomic mass is 10.1. The third-order valence-corrected chi connectivity index (χ3v) is 5.86. The molecule has 2 aromatic heterocycles. The molecule has 0 saturated heterocycles. The van der Waals surface area contributed by atoms with Crippen LogP contribution >= 0.6 is 11.3 Å². The van der Waals surface area contributed by atoms with Crippen LogP contribution in [0.4, 0.5) is 0 Å². The van der Waals surface area contributed by atoms with Crippen LogP contribution in [0.3, 0.4) is 0 Å². The Kier molecular flexibility index (Phi) is 7.85. The summed E-state index contributed by atoms with van der Waals surface area (Å²) in [6, 6.07) is 20.8. The molecule has 2 aromatic carbocycles. The monoisotopic (exact) mass is 476 g/mol. The van der Waals surface area contributed by atoms with Gasteiger partial charge in [-0.2, -0.15) is 0 Å². The lowest BCUT2D eigenvalue weighted by molar-refractivity contribution is -0.139. The molecule has 0 aliphatic rings. The summed E-state index contributed by atoms with van der Waals surface area (Å²) < 4.78 is 16.2. The Morgan fingerprint density at radius 3 is 2.53 bits per heavy atom. The number of rotatable bonds is 10. The highest BCUT2D eigenvalue weighted by atomic mass is 32.1. The normalized spacial score (nSPS) is 10.7. The lowest BCUT2D eigenvalue weighted by Gasteiger charge is -2.07. The number of thiazole rings is 1. The van der Waals surface area contributed by atoms with Gasteiger partial charge in [0.2, 0.25) is 0 Å². The van der Waals surface area contributed by atoms with Gasteiger partial charge in [-0.3, -0.25) is 9.59 Å². The van der Waals surface area contributed by atoms with Crippen molar-refractivity contribution in [1.29, 1.82) is 0 Å². The molecule has 34 heavy (non-hydrogen) atoms. The van der Waals surface area contributed by atoms with E-state index in [0.29, 0.717) is 47.5 Å². The number of nitrogens with one attached hydrogen (secondary N) is 1. The number of benzene rings is 2. The van der Waals surface area contributed by atoms with Crippen LogP contribution in [-0.4, -0.2) is 37.1 Å². The molecule has 0 atom stereocenters. The van der Waals surface area contributed by atoms with Gasteiger partial charge in [0, 0.05) is 23.1 Å². The third-order valence-electron chi connectivity index (χ3n) is 5.01. The fourth-order valence-corrected chi connectivity index (χ4v) is 3.99. The van der Waals surface area contributed by atoms with Crippen LogP contribution in [0.5, 0.6) is 0 Å². The second-order valence-electron chi connectivity index (χ2n) is 7.41. The Morgan fingerprint density at radius 1 is 1.00 bits per heavy atom. The first kappa shape index (κ1) is 23.4. The van der Waals surface area contributed by atoms with Gasteiger partial charge < -0.3 is 19.2 Å². The first-order chi connectivity index (χ1) is 16.6. The molecular weight excluding hydrogens is 452 g/mol. The molecule has 0 aliphatic carbocycles. The lowest BCUT2D eigenvalue weighted by Crippen LogP contribution is -2.27. The molecule has 7 nitrogen and oxygen atoms in total. The number of ether oxygens (including phenoxy) is 2. The van der Waals surface area contributed by atoms with E-state index in [0.717, 1.165) is 11.1 Å². The van der Waals surface area contributed by atoms with Gasteiger partial charge in [0.1, 0.15) is 16.5 Å². The Morgan fingerprint density at radius 2 is 1.76 bits per heavy atom. The number of furan rings is 1. The predicted molar refractivity (Wildman–Crippen MR) is 129 cm³/mol. The first-order valence-corrected chi connectivity index (χ1v) is 11.6. The standard InChI is InChI=1S/C26H24N2O5S/c1-31-25(29)15-24-28-21(17-34-24)23-12-11-22(33-23)19-7-9-20(10-8-19)26(30)27-13-14-32-16-18-5-3-2-4-6-18/h2-12,17H,13-16H2,1H3,(H,27,30). The third kappa shape index (κ3) is 6.18. The van der Waals surface area contributed by atoms with E-state index < -0.39 is 0 Å². The van der Waals surface area contributed by atoms with Crippen molar-refractivity contribution in [3.05, 3.63) is 88.2 Å². The van der Waals surface area contributed by atoms with E-state index in [1.165, 1.54) is 18.4 Å². The predicted octanol–water partition coefficient (Wildman–Crippen LogP) is 4.73. The zero-order valence-electron chi connectivity index (χ0n) is 18.7. The molecule has 0 unspecified atom stereocenters. The van der Waals surface area contributed by atoms with E-state index in [1.54, 1.807) is 12.1 Å². The van der Waals surface area contributed by atoms with Gasteiger partial charge in [0.05, 0.1) is 26.7 Å². The van der Waals surface area contributed by atoms with Crippen molar-refractivity contribution in [2.24, 2.45) is 0 Å². The molecule has 0 fully saturated rings. The molecule has 2 heterocycles.